The standard InChI is InChI=1S/C15H16F2N2/c1-18-10-11-6-5-8-13(17)15(11)19(2)14-9-4-3-7-12(14)16/h3-9,18H,10H2,1-2H3. The van der Waals surface area contributed by atoms with Crippen molar-refractivity contribution in [2.24, 2.45) is 0 Å². The van der Waals surface area contributed by atoms with Gasteiger partial charge in [-0.05, 0) is 30.8 Å². The molecule has 100 valence electrons. The van der Waals surface area contributed by atoms with Gasteiger partial charge in [0.1, 0.15) is 11.6 Å². The van der Waals surface area contributed by atoms with Crippen LogP contribution in [0.1, 0.15) is 5.56 Å². The summed E-state index contributed by atoms with van der Waals surface area (Å²) < 4.78 is 27.8. The summed E-state index contributed by atoms with van der Waals surface area (Å²) in [4.78, 5) is 1.54. The molecule has 1 N–H and O–H groups in total. The number of rotatable bonds is 4. The number of hydrogen-bond donors (Lipinski definition) is 1. The number of nitrogens with zero attached hydrogens (tertiary/aromatic N) is 1. The van der Waals surface area contributed by atoms with E-state index in [0.29, 0.717) is 17.9 Å². The number of benzene rings is 2. The molecule has 0 aliphatic carbocycles. The first-order valence-electron chi connectivity index (χ1n) is 6.05. The molecule has 0 saturated heterocycles. The molecule has 0 bridgehead atoms. The van der Waals surface area contributed by atoms with Crippen LogP contribution in [-0.4, -0.2) is 14.1 Å². The third-order valence-electron chi connectivity index (χ3n) is 2.99. The van der Waals surface area contributed by atoms with Gasteiger partial charge in [-0.25, -0.2) is 8.78 Å². The fourth-order valence-electron chi connectivity index (χ4n) is 2.11. The van der Waals surface area contributed by atoms with E-state index in [1.807, 2.05) is 6.07 Å². The molecular weight excluding hydrogens is 246 g/mol. The summed E-state index contributed by atoms with van der Waals surface area (Å²) in [6, 6.07) is 11.2. The maximum atomic E-state index is 14.0. The number of para-hydroxylation sites is 2. The van der Waals surface area contributed by atoms with Crippen molar-refractivity contribution in [3.8, 4) is 0 Å². The van der Waals surface area contributed by atoms with Crippen LogP contribution >= 0.6 is 0 Å². The molecule has 2 aromatic carbocycles. The smallest absolute Gasteiger partial charge is 0.147 e. The fraction of sp³-hybridized carbons (Fsp3) is 0.200. The quantitative estimate of drug-likeness (QED) is 0.907. The molecule has 0 saturated carbocycles. The lowest BCUT2D eigenvalue weighted by molar-refractivity contribution is 0.614. The van der Waals surface area contributed by atoms with E-state index in [0.717, 1.165) is 5.56 Å². The van der Waals surface area contributed by atoms with E-state index in [2.05, 4.69) is 5.32 Å². The van der Waals surface area contributed by atoms with Crippen LogP contribution < -0.4 is 10.2 Å². The minimum Gasteiger partial charge on any atom is -0.340 e. The van der Waals surface area contributed by atoms with Crippen LogP contribution in [0.4, 0.5) is 20.2 Å². The van der Waals surface area contributed by atoms with E-state index in [1.54, 1.807) is 38.4 Å². The summed E-state index contributed by atoms with van der Waals surface area (Å²) >= 11 is 0. The molecule has 0 aromatic heterocycles. The van der Waals surface area contributed by atoms with Crippen LogP contribution in [0.15, 0.2) is 42.5 Å². The van der Waals surface area contributed by atoms with Crippen molar-refractivity contribution >= 4 is 11.4 Å². The zero-order valence-electron chi connectivity index (χ0n) is 11.0. The molecule has 0 unspecified atom stereocenters. The van der Waals surface area contributed by atoms with E-state index in [1.165, 1.54) is 17.0 Å². The summed E-state index contributed by atoms with van der Waals surface area (Å²) in [5, 5.41) is 2.99. The second-order valence-corrected chi connectivity index (χ2v) is 4.29. The van der Waals surface area contributed by atoms with Gasteiger partial charge in [0, 0.05) is 13.6 Å². The van der Waals surface area contributed by atoms with Gasteiger partial charge in [-0.3, -0.25) is 0 Å². The minimum atomic E-state index is -0.372. The van der Waals surface area contributed by atoms with Gasteiger partial charge in [-0.2, -0.15) is 0 Å². The monoisotopic (exact) mass is 262 g/mol. The van der Waals surface area contributed by atoms with Gasteiger partial charge in [0.15, 0.2) is 0 Å². The number of anilines is 2. The predicted octanol–water partition coefficient (Wildman–Crippen LogP) is 3.45. The van der Waals surface area contributed by atoms with Gasteiger partial charge in [0.25, 0.3) is 0 Å². The second kappa shape index (κ2) is 5.80. The molecule has 0 spiro atoms. The molecule has 0 aliphatic heterocycles. The first kappa shape index (κ1) is 13.5. The first-order valence-corrected chi connectivity index (χ1v) is 6.05. The number of halogens is 2. The van der Waals surface area contributed by atoms with Crippen molar-refractivity contribution in [3.63, 3.8) is 0 Å². The molecule has 0 amide bonds. The summed E-state index contributed by atoms with van der Waals surface area (Å²) in [6.45, 7) is 0.520. The van der Waals surface area contributed by atoms with Crippen molar-refractivity contribution < 1.29 is 8.78 Å². The van der Waals surface area contributed by atoms with E-state index in [4.69, 9.17) is 0 Å². The Morgan fingerprint density at radius 3 is 2.37 bits per heavy atom. The highest BCUT2D eigenvalue weighted by atomic mass is 19.1. The van der Waals surface area contributed by atoms with Crippen molar-refractivity contribution in [2.45, 2.75) is 6.54 Å². The van der Waals surface area contributed by atoms with Gasteiger partial charge >= 0.3 is 0 Å². The molecule has 0 fully saturated rings. The van der Waals surface area contributed by atoms with Gasteiger partial charge in [-0.15, -0.1) is 0 Å². The van der Waals surface area contributed by atoms with Crippen molar-refractivity contribution in [1.82, 2.24) is 5.32 Å². The molecule has 0 aliphatic rings. The highest BCUT2D eigenvalue weighted by Gasteiger charge is 2.16. The van der Waals surface area contributed by atoms with E-state index >= 15 is 0 Å². The van der Waals surface area contributed by atoms with Gasteiger partial charge in [-0.1, -0.05) is 24.3 Å². The molecule has 2 aromatic rings. The third kappa shape index (κ3) is 2.74. The van der Waals surface area contributed by atoms with Crippen LogP contribution in [0.5, 0.6) is 0 Å². The highest BCUT2D eigenvalue weighted by molar-refractivity contribution is 5.66. The predicted molar refractivity (Wildman–Crippen MR) is 73.6 cm³/mol. The van der Waals surface area contributed by atoms with Crippen molar-refractivity contribution in [3.05, 3.63) is 59.7 Å². The Bertz CT molecular complexity index is 570. The summed E-state index contributed by atoms with van der Waals surface area (Å²) in [6.07, 6.45) is 0. The van der Waals surface area contributed by atoms with Crippen LogP contribution in [0.2, 0.25) is 0 Å². The SMILES string of the molecule is CNCc1cccc(F)c1N(C)c1ccccc1F. The summed E-state index contributed by atoms with van der Waals surface area (Å²) in [7, 11) is 3.45. The van der Waals surface area contributed by atoms with Crippen LogP contribution in [0.25, 0.3) is 0 Å². The molecule has 4 heteroatoms. The number of hydrogen-bond acceptors (Lipinski definition) is 2. The Labute approximate surface area is 111 Å². The Morgan fingerprint density at radius 1 is 1.00 bits per heavy atom. The van der Waals surface area contributed by atoms with Crippen LogP contribution in [0.3, 0.4) is 0 Å². The zero-order valence-corrected chi connectivity index (χ0v) is 11.0. The van der Waals surface area contributed by atoms with Crippen molar-refractivity contribution in [2.75, 3.05) is 19.0 Å². The molecule has 0 atom stereocenters. The molecule has 2 nitrogen and oxygen atoms in total. The molecule has 0 heterocycles. The van der Waals surface area contributed by atoms with Gasteiger partial charge in [0.2, 0.25) is 0 Å². The lowest BCUT2D eigenvalue weighted by Crippen LogP contribution is -2.17. The summed E-state index contributed by atoms with van der Waals surface area (Å²) in [5.74, 6) is -0.734. The average Bonchev–Trinajstić information content (AvgIpc) is 2.39. The van der Waals surface area contributed by atoms with Crippen LogP contribution in [0, 0.1) is 11.6 Å². The largest absolute Gasteiger partial charge is 0.340 e. The Morgan fingerprint density at radius 2 is 1.68 bits per heavy atom. The van der Waals surface area contributed by atoms with Gasteiger partial charge in [0.05, 0.1) is 11.4 Å². The maximum absolute atomic E-state index is 14.0. The first-order chi connectivity index (χ1) is 9.15. The molecule has 0 radical (unpaired) electrons. The Hall–Kier alpha value is -1.94. The second-order valence-electron chi connectivity index (χ2n) is 4.29. The lowest BCUT2D eigenvalue weighted by atomic mass is 10.1. The van der Waals surface area contributed by atoms with E-state index < -0.39 is 0 Å². The van der Waals surface area contributed by atoms with Gasteiger partial charge < -0.3 is 10.2 Å². The van der Waals surface area contributed by atoms with Crippen molar-refractivity contribution in [1.29, 1.82) is 0 Å². The van der Waals surface area contributed by atoms with E-state index in [9.17, 15) is 8.78 Å². The highest BCUT2D eigenvalue weighted by Crippen LogP contribution is 2.31. The van der Waals surface area contributed by atoms with Crippen LogP contribution in [-0.2, 0) is 6.54 Å². The Kier molecular flexibility index (Phi) is 4.12. The zero-order chi connectivity index (χ0) is 13.8. The summed E-state index contributed by atoms with van der Waals surface area (Å²) in [5.41, 5.74) is 1.53. The third-order valence-corrected chi connectivity index (χ3v) is 2.99. The molecule has 19 heavy (non-hydrogen) atoms. The molecular formula is C15H16F2N2. The maximum Gasteiger partial charge on any atom is 0.147 e. The van der Waals surface area contributed by atoms with E-state index in [-0.39, 0.29) is 11.6 Å². The normalized spacial score (nSPS) is 10.5. The fourth-order valence-corrected chi connectivity index (χ4v) is 2.11. The number of nitrogens with one attached hydrogen (secondary N) is 1. The topological polar surface area (TPSA) is 15.3 Å². The average molecular weight is 262 g/mol. The lowest BCUT2D eigenvalue weighted by Gasteiger charge is -2.23. The minimum absolute atomic E-state index is 0.352. The molecule has 2 rings (SSSR count). The Balaban J connectivity index is 2.49.